The van der Waals surface area contributed by atoms with Gasteiger partial charge in [-0.25, -0.2) is 9.98 Å². The van der Waals surface area contributed by atoms with Crippen molar-refractivity contribution in [3.05, 3.63) is 65.0 Å². The topological polar surface area (TPSA) is 130 Å². The maximum atomic E-state index is 13.2. The zero-order chi connectivity index (χ0) is 26.8. The third-order valence-corrected chi connectivity index (χ3v) is 6.89. The number of methoxy groups -OCH3 is 1. The van der Waals surface area contributed by atoms with Gasteiger partial charge in [0.1, 0.15) is 0 Å². The lowest BCUT2D eigenvalue weighted by Crippen LogP contribution is -2.54. The first-order valence-electron chi connectivity index (χ1n) is 12.6. The monoisotopic (exact) mass is 516 g/mol. The Labute approximate surface area is 219 Å². The molecule has 1 saturated heterocycles. The lowest BCUT2D eigenvalue weighted by molar-refractivity contribution is -0.151. The number of ketones is 1. The molecule has 1 N–H and O–H groups in total. The Morgan fingerprint density at radius 1 is 1.26 bits per heavy atom. The number of allylic oxidation sites excluding steroid dienone is 5. The third kappa shape index (κ3) is 4.92. The van der Waals surface area contributed by atoms with Gasteiger partial charge in [0.2, 0.25) is 5.90 Å². The fourth-order valence-electron chi connectivity index (χ4n) is 4.93. The van der Waals surface area contributed by atoms with Crippen LogP contribution < -0.4 is 4.90 Å². The van der Waals surface area contributed by atoms with Gasteiger partial charge >= 0.3 is 0 Å². The number of ether oxygens (including phenoxy) is 2. The number of morpholine rings is 1. The second kappa shape index (κ2) is 10.8. The zero-order valence-corrected chi connectivity index (χ0v) is 21.2. The van der Waals surface area contributed by atoms with Gasteiger partial charge in [-0.05, 0) is 60.9 Å². The van der Waals surface area contributed by atoms with Crippen LogP contribution in [0, 0.1) is 5.92 Å². The van der Waals surface area contributed by atoms with Gasteiger partial charge in [-0.3, -0.25) is 14.4 Å². The number of amides is 2. The minimum atomic E-state index is -1.77. The molecule has 3 atom stereocenters. The number of carbonyl (C=O) groups is 3. The molecule has 0 saturated carbocycles. The van der Waals surface area contributed by atoms with E-state index in [9.17, 15) is 19.5 Å². The maximum Gasteiger partial charge on any atom is 0.278 e. The fraction of sp³-hybridized carbons (Fsp3) is 0.357. The van der Waals surface area contributed by atoms with Gasteiger partial charge in [0.15, 0.2) is 23.8 Å². The lowest BCUT2D eigenvalue weighted by atomic mass is 10.00. The van der Waals surface area contributed by atoms with Crippen LogP contribution in [0.15, 0.2) is 68.9 Å². The largest absolute Gasteiger partial charge is 0.480 e. The van der Waals surface area contributed by atoms with Crippen molar-refractivity contribution in [1.82, 2.24) is 0 Å². The molecular weight excluding hydrogens is 488 g/mol. The molecule has 2 aliphatic carbocycles. The summed E-state index contributed by atoms with van der Waals surface area (Å²) in [5.41, 5.74) is 3.25. The Morgan fingerprint density at radius 2 is 2.05 bits per heavy atom. The quantitative estimate of drug-likeness (QED) is 0.640. The molecule has 0 aromatic heterocycles. The molecule has 3 unspecified atom stereocenters. The minimum Gasteiger partial charge on any atom is -0.480 e. The van der Waals surface area contributed by atoms with Crippen LogP contribution in [0.1, 0.15) is 35.7 Å². The van der Waals surface area contributed by atoms with Gasteiger partial charge in [0.25, 0.3) is 11.8 Å². The number of nitrogens with zero attached hydrogens (tertiary/aromatic N) is 4. The highest BCUT2D eigenvalue weighted by atomic mass is 16.5. The highest BCUT2D eigenvalue weighted by Gasteiger charge is 2.40. The SMILES string of the molecule is CCCC1Cc2cc(N3CCOC(C(O)C(=O)N=C4C=CC(=C5N=CC(OC)=N5)C=C4)C3=O)ccc2C1=O. The van der Waals surface area contributed by atoms with Crippen LogP contribution in [-0.4, -0.2) is 73.0 Å². The number of carbonyl (C=O) groups excluding carboxylic acids is 3. The number of aliphatic hydroxyl groups is 1. The standard InChI is InChI=1S/C28H28N4O6/c1-3-4-17-13-18-14-20(9-10-21(18)23(17)33)32-11-12-38-25(28(32)36)24(34)27(35)30-19-7-5-16(6-8-19)26-29-15-22(31-26)37-2/h5-10,14-15,17,24-25,34H,3-4,11-13H2,1-2H3. The van der Waals surface area contributed by atoms with Gasteiger partial charge in [-0.1, -0.05) is 13.3 Å². The average Bonchev–Trinajstić information content (AvgIpc) is 3.53. The summed E-state index contributed by atoms with van der Waals surface area (Å²) < 4.78 is 10.5. The predicted molar refractivity (Wildman–Crippen MR) is 142 cm³/mol. The van der Waals surface area contributed by atoms with Gasteiger partial charge in [-0.15, -0.1) is 0 Å². The van der Waals surface area contributed by atoms with E-state index in [4.69, 9.17) is 9.47 Å². The van der Waals surface area contributed by atoms with E-state index in [-0.39, 0.29) is 24.9 Å². The molecule has 2 heterocycles. The van der Waals surface area contributed by atoms with Crippen molar-refractivity contribution >= 4 is 41.1 Å². The number of fused-ring (bicyclic) bond motifs is 1. The molecule has 10 nitrogen and oxygen atoms in total. The summed E-state index contributed by atoms with van der Waals surface area (Å²) >= 11 is 0. The van der Waals surface area contributed by atoms with Crippen LogP contribution in [0.2, 0.25) is 0 Å². The molecule has 1 fully saturated rings. The minimum absolute atomic E-state index is 0.0199. The lowest BCUT2D eigenvalue weighted by Gasteiger charge is -2.34. The van der Waals surface area contributed by atoms with Crippen LogP contribution in [0.25, 0.3) is 0 Å². The van der Waals surface area contributed by atoms with E-state index in [0.29, 0.717) is 40.7 Å². The molecule has 0 radical (unpaired) electrons. The number of hydrogen-bond donors (Lipinski definition) is 1. The van der Waals surface area contributed by atoms with Crippen LogP contribution in [0.3, 0.4) is 0 Å². The van der Waals surface area contributed by atoms with Crippen molar-refractivity contribution in [2.24, 2.45) is 20.9 Å². The van der Waals surface area contributed by atoms with E-state index < -0.39 is 24.0 Å². The van der Waals surface area contributed by atoms with E-state index in [1.165, 1.54) is 18.2 Å². The molecule has 10 heteroatoms. The van der Waals surface area contributed by atoms with Crippen LogP contribution >= 0.6 is 0 Å². The van der Waals surface area contributed by atoms with Crippen molar-refractivity contribution in [1.29, 1.82) is 0 Å². The Bertz CT molecular complexity index is 1350. The summed E-state index contributed by atoms with van der Waals surface area (Å²) in [6, 6.07) is 5.35. The first kappa shape index (κ1) is 25.6. The highest BCUT2D eigenvalue weighted by molar-refractivity contribution is 6.28. The molecule has 4 aliphatic rings. The molecule has 2 amide bonds. The summed E-state index contributed by atoms with van der Waals surface area (Å²) in [6.07, 6.45) is 7.35. The molecule has 196 valence electrons. The molecule has 1 aromatic carbocycles. The fourth-order valence-corrected chi connectivity index (χ4v) is 4.93. The van der Waals surface area contributed by atoms with Crippen LogP contribution in [0.4, 0.5) is 5.69 Å². The molecule has 5 rings (SSSR count). The zero-order valence-electron chi connectivity index (χ0n) is 21.2. The van der Waals surface area contributed by atoms with Gasteiger partial charge in [-0.2, -0.15) is 4.99 Å². The smallest absolute Gasteiger partial charge is 0.278 e. The molecule has 1 aromatic rings. The molecule has 2 aliphatic heterocycles. The van der Waals surface area contributed by atoms with Gasteiger partial charge in [0, 0.05) is 29.3 Å². The Kier molecular flexibility index (Phi) is 7.26. The number of aliphatic hydroxyl groups excluding tert-OH is 1. The Balaban J connectivity index is 1.27. The van der Waals surface area contributed by atoms with Gasteiger partial charge in [0.05, 0.1) is 25.6 Å². The van der Waals surface area contributed by atoms with Crippen molar-refractivity contribution in [2.45, 2.75) is 38.4 Å². The summed E-state index contributed by atoms with van der Waals surface area (Å²) in [5.74, 6) is -0.415. The number of benzene rings is 1. The highest BCUT2D eigenvalue weighted by Crippen LogP contribution is 2.33. The number of anilines is 1. The summed E-state index contributed by atoms with van der Waals surface area (Å²) in [6.45, 7) is 2.47. The summed E-state index contributed by atoms with van der Waals surface area (Å²) in [5, 5.41) is 10.7. The Hall–Kier alpha value is -4.02. The number of Topliss-reactive ketones (excluding diaryl/α,β-unsaturated/α-hetero) is 1. The van der Waals surface area contributed by atoms with E-state index in [1.54, 1.807) is 36.4 Å². The molecule has 0 bridgehead atoms. The second-order valence-corrected chi connectivity index (χ2v) is 9.35. The molecular formula is C28H28N4O6. The number of rotatable bonds is 5. The second-order valence-electron chi connectivity index (χ2n) is 9.35. The third-order valence-electron chi connectivity index (χ3n) is 6.89. The van der Waals surface area contributed by atoms with Crippen molar-refractivity contribution in [3.63, 3.8) is 0 Å². The van der Waals surface area contributed by atoms with Crippen molar-refractivity contribution in [2.75, 3.05) is 25.2 Å². The van der Waals surface area contributed by atoms with Crippen LogP contribution in [0.5, 0.6) is 0 Å². The van der Waals surface area contributed by atoms with E-state index in [2.05, 4.69) is 21.9 Å². The first-order chi connectivity index (χ1) is 18.4. The van der Waals surface area contributed by atoms with Gasteiger partial charge < -0.3 is 19.5 Å². The summed E-state index contributed by atoms with van der Waals surface area (Å²) in [7, 11) is 1.50. The Morgan fingerprint density at radius 3 is 2.76 bits per heavy atom. The summed E-state index contributed by atoms with van der Waals surface area (Å²) in [4.78, 5) is 52.4. The van der Waals surface area contributed by atoms with Crippen molar-refractivity contribution < 1.29 is 29.0 Å². The predicted octanol–water partition coefficient (Wildman–Crippen LogP) is 2.37. The van der Waals surface area contributed by atoms with E-state index in [1.807, 2.05) is 6.07 Å². The van der Waals surface area contributed by atoms with Crippen molar-refractivity contribution in [3.8, 4) is 0 Å². The van der Waals surface area contributed by atoms with E-state index in [0.717, 1.165) is 18.4 Å². The van der Waals surface area contributed by atoms with E-state index >= 15 is 0 Å². The first-order valence-corrected chi connectivity index (χ1v) is 12.6. The molecule has 0 spiro atoms. The normalized spacial score (nSPS) is 23.2. The number of aliphatic imine (C=N–C) groups is 3. The average molecular weight is 517 g/mol. The maximum absolute atomic E-state index is 13.2. The number of hydrogen-bond acceptors (Lipinski definition) is 8. The molecule has 38 heavy (non-hydrogen) atoms. The van der Waals surface area contributed by atoms with Crippen LogP contribution in [-0.2, 0) is 25.5 Å².